The number of rotatable bonds is 3. The van der Waals surface area contributed by atoms with Crippen molar-refractivity contribution in [3.63, 3.8) is 0 Å². The van der Waals surface area contributed by atoms with Gasteiger partial charge in [0.15, 0.2) is 0 Å². The first kappa shape index (κ1) is 22.6. The molecule has 2 rings (SSSR count). The standard InChI is InChI=1S/C15H22BrN3O2.2ClH/c1-15(2,3)14(18-8-6-17-7-9-18)11-4-5-12(16)13(10-11)19(20)21;;/h4-5,10,14,17H,6-9H2,1-3H3;2*1H/t14-;;/m1../s1. The van der Waals surface area contributed by atoms with Crippen LogP contribution in [0.3, 0.4) is 0 Å². The molecule has 1 aromatic rings. The molecule has 1 aliphatic rings. The summed E-state index contributed by atoms with van der Waals surface area (Å²) in [5, 5.41) is 14.5. The number of nitrogens with zero attached hydrogens (tertiary/aromatic N) is 2. The first-order chi connectivity index (χ1) is 9.80. The van der Waals surface area contributed by atoms with Gasteiger partial charge in [0.2, 0.25) is 0 Å². The Morgan fingerprint density at radius 1 is 1.26 bits per heavy atom. The first-order valence-corrected chi connectivity index (χ1v) is 7.98. The third-order valence-electron chi connectivity index (χ3n) is 3.82. The molecular weight excluding hydrogens is 405 g/mol. The molecule has 0 saturated carbocycles. The van der Waals surface area contributed by atoms with Crippen molar-refractivity contribution < 1.29 is 4.92 Å². The molecule has 1 aliphatic heterocycles. The van der Waals surface area contributed by atoms with Gasteiger partial charge in [0.25, 0.3) is 5.69 Å². The summed E-state index contributed by atoms with van der Waals surface area (Å²) in [4.78, 5) is 13.3. The van der Waals surface area contributed by atoms with Gasteiger partial charge in [0.1, 0.15) is 0 Å². The molecule has 0 spiro atoms. The van der Waals surface area contributed by atoms with Gasteiger partial charge in [0, 0.05) is 38.3 Å². The second-order valence-electron chi connectivity index (χ2n) is 6.52. The number of hydrogen-bond donors (Lipinski definition) is 1. The van der Waals surface area contributed by atoms with E-state index in [1.807, 2.05) is 6.07 Å². The molecule has 1 saturated heterocycles. The zero-order chi connectivity index (χ0) is 15.6. The van der Waals surface area contributed by atoms with E-state index in [1.165, 1.54) is 0 Å². The van der Waals surface area contributed by atoms with Crippen LogP contribution in [0, 0.1) is 15.5 Å². The van der Waals surface area contributed by atoms with Crippen LogP contribution in [0.15, 0.2) is 22.7 Å². The molecule has 1 atom stereocenters. The molecule has 1 N–H and O–H groups in total. The lowest BCUT2D eigenvalue weighted by Crippen LogP contribution is -2.48. The van der Waals surface area contributed by atoms with Crippen LogP contribution in [0.4, 0.5) is 5.69 Å². The van der Waals surface area contributed by atoms with Gasteiger partial charge in [-0.15, -0.1) is 24.8 Å². The molecule has 0 radical (unpaired) electrons. The number of halogens is 3. The van der Waals surface area contributed by atoms with Crippen LogP contribution in [0.1, 0.15) is 32.4 Å². The SMILES string of the molecule is CC(C)(C)[C@@H](c1ccc(Br)c([N+](=O)[O-])c1)N1CCNCC1.Cl.Cl. The first-order valence-electron chi connectivity index (χ1n) is 7.19. The van der Waals surface area contributed by atoms with E-state index in [9.17, 15) is 10.1 Å². The lowest BCUT2D eigenvalue weighted by atomic mass is 9.81. The highest BCUT2D eigenvalue weighted by Gasteiger charge is 2.33. The van der Waals surface area contributed by atoms with Gasteiger partial charge in [-0.05, 0) is 33.0 Å². The quantitative estimate of drug-likeness (QED) is 0.579. The zero-order valence-electron chi connectivity index (χ0n) is 13.5. The predicted octanol–water partition coefficient (Wildman–Crippen LogP) is 4.19. The molecule has 8 heteroatoms. The van der Waals surface area contributed by atoms with Gasteiger partial charge in [-0.3, -0.25) is 15.0 Å². The maximum absolute atomic E-state index is 11.2. The molecule has 5 nitrogen and oxygen atoms in total. The van der Waals surface area contributed by atoms with Crippen molar-refractivity contribution >= 4 is 46.4 Å². The van der Waals surface area contributed by atoms with Crippen LogP contribution in [0.2, 0.25) is 0 Å². The fraction of sp³-hybridized carbons (Fsp3) is 0.600. The molecule has 23 heavy (non-hydrogen) atoms. The lowest BCUT2D eigenvalue weighted by molar-refractivity contribution is -0.385. The fourth-order valence-corrected chi connectivity index (χ4v) is 3.43. The van der Waals surface area contributed by atoms with Gasteiger partial charge >= 0.3 is 0 Å². The van der Waals surface area contributed by atoms with Crippen molar-refractivity contribution in [2.75, 3.05) is 26.2 Å². The van der Waals surface area contributed by atoms with Crippen molar-refractivity contribution in [2.24, 2.45) is 5.41 Å². The molecule has 0 unspecified atom stereocenters. The minimum Gasteiger partial charge on any atom is -0.314 e. The van der Waals surface area contributed by atoms with Crippen molar-refractivity contribution in [1.82, 2.24) is 10.2 Å². The van der Waals surface area contributed by atoms with Crippen molar-refractivity contribution in [3.05, 3.63) is 38.3 Å². The Balaban J connectivity index is 0.00000242. The summed E-state index contributed by atoms with van der Waals surface area (Å²) in [6.07, 6.45) is 0. The predicted molar refractivity (Wildman–Crippen MR) is 102 cm³/mol. The van der Waals surface area contributed by atoms with Crippen molar-refractivity contribution in [1.29, 1.82) is 0 Å². The molecule has 1 heterocycles. The zero-order valence-corrected chi connectivity index (χ0v) is 16.8. The van der Waals surface area contributed by atoms with Crippen LogP contribution < -0.4 is 5.32 Å². The van der Waals surface area contributed by atoms with E-state index in [2.05, 4.69) is 46.9 Å². The van der Waals surface area contributed by atoms with E-state index in [1.54, 1.807) is 12.1 Å². The molecule has 0 bridgehead atoms. The number of piperazine rings is 1. The molecule has 0 aliphatic carbocycles. The molecule has 1 fully saturated rings. The molecule has 1 aromatic carbocycles. The summed E-state index contributed by atoms with van der Waals surface area (Å²) in [6.45, 7) is 10.4. The lowest BCUT2D eigenvalue weighted by Gasteiger charge is -2.42. The summed E-state index contributed by atoms with van der Waals surface area (Å²) >= 11 is 3.26. The summed E-state index contributed by atoms with van der Waals surface area (Å²) in [5.74, 6) is 0. The minimum absolute atomic E-state index is 0. The van der Waals surface area contributed by atoms with Crippen LogP contribution >= 0.6 is 40.7 Å². The molecular formula is C15H24BrCl2N3O2. The smallest absolute Gasteiger partial charge is 0.283 e. The topological polar surface area (TPSA) is 58.4 Å². The van der Waals surface area contributed by atoms with Gasteiger partial charge in [-0.1, -0.05) is 26.8 Å². The average Bonchev–Trinajstić information content (AvgIpc) is 2.40. The minimum atomic E-state index is -0.328. The molecule has 132 valence electrons. The number of nitro groups is 1. The third-order valence-corrected chi connectivity index (χ3v) is 4.49. The maximum Gasteiger partial charge on any atom is 0.283 e. The van der Waals surface area contributed by atoms with E-state index in [0.717, 1.165) is 31.7 Å². The summed E-state index contributed by atoms with van der Waals surface area (Å²) in [7, 11) is 0. The Hall–Kier alpha value is -0.400. The van der Waals surface area contributed by atoms with Crippen molar-refractivity contribution in [3.8, 4) is 0 Å². The van der Waals surface area contributed by atoms with E-state index < -0.39 is 0 Å². The van der Waals surface area contributed by atoms with E-state index >= 15 is 0 Å². The highest BCUT2D eigenvalue weighted by Crippen LogP contribution is 2.40. The Morgan fingerprint density at radius 2 is 1.83 bits per heavy atom. The van der Waals surface area contributed by atoms with Gasteiger partial charge in [-0.2, -0.15) is 0 Å². The van der Waals surface area contributed by atoms with Crippen LogP contribution in [-0.2, 0) is 0 Å². The number of nitrogens with one attached hydrogen (secondary N) is 1. The summed E-state index contributed by atoms with van der Waals surface area (Å²) in [6, 6.07) is 5.66. The van der Waals surface area contributed by atoms with Crippen molar-refractivity contribution in [2.45, 2.75) is 26.8 Å². The Bertz CT molecular complexity index is 532. The summed E-state index contributed by atoms with van der Waals surface area (Å²) < 4.78 is 0.532. The van der Waals surface area contributed by atoms with E-state index in [4.69, 9.17) is 0 Å². The maximum atomic E-state index is 11.2. The van der Waals surface area contributed by atoms with E-state index in [-0.39, 0.29) is 46.9 Å². The van der Waals surface area contributed by atoms with Gasteiger partial charge in [-0.25, -0.2) is 0 Å². The van der Waals surface area contributed by atoms with Crippen LogP contribution in [0.5, 0.6) is 0 Å². The Labute approximate surface area is 158 Å². The molecule has 0 amide bonds. The largest absolute Gasteiger partial charge is 0.314 e. The van der Waals surface area contributed by atoms with Crippen LogP contribution in [0.25, 0.3) is 0 Å². The summed E-state index contributed by atoms with van der Waals surface area (Å²) in [5.41, 5.74) is 1.16. The van der Waals surface area contributed by atoms with Gasteiger partial charge in [0.05, 0.1) is 9.40 Å². The second-order valence-corrected chi connectivity index (χ2v) is 7.38. The Morgan fingerprint density at radius 3 is 2.30 bits per heavy atom. The van der Waals surface area contributed by atoms with Crippen LogP contribution in [-0.4, -0.2) is 36.0 Å². The normalized spacial score (nSPS) is 16.9. The number of benzene rings is 1. The fourth-order valence-electron chi connectivity index (χ4n) is 3.04. The highest BCUT2D eigenvalue weighted by molar-refractivity contribution is 9.10. The average molecular weight is 429 g/mol. The monoisotopic (exact) mass is 427 g/mol. The highest BCUT2D eigenvalue weighted by atomic mass is 79.9. The number of nitro benzene ring substituents is 1. The van der Waals surface area contributed by atoms with E-state index in [0.29, 0.717) is 4.47 Å². The van der Waals surface area contributed by atoms with Gasteiger partial charge < -0.3 is 5.32 Å². The third kappa shape index (κ3) is 5.57. The molecule has 0 aromatic heterocycles. The Kier molecular flexibility index (Phi) is 9.02. The number of hydrogen-bond acceptors (Lipinski definition) is 4. The second kappa shape index (κ2) is 9.18.